The standard InChI is InChI=1S/C9H9N3O2S2/c1-5-7(8(13)14)12-9(16-5)11-3-6-2-10-4-15-6/h2,4H,3H2,1H3,(H,11,12)(H,13,14). The molecule has 5 nitrogen and oxygen atoms in total. The Morgan fingerprint density at radius 3 is 3.00 bits per heavy atom. The molecule has 84 valence electrons. The zero-order chi connectivity index (χ0) is 11.5. The van der Waals surface area contributed by atoms with Gasteiger partial charge in [-0.25, -0.2) is 9.78 Å². The van der Waals surface area contributed by atoms with E-state index in [0.717, 1.165) is 4.88 Å². The average molecular weight is 255 g/mol. The number of carboxylic acid groups (broad SMARTS) is 1. The second-order valence-electron chi connectivity index (χ2n) is 3.05. The number of nitrogens with one attached hydrogen (secondary N) is 1. The number of rotatable bonds is 4. The van der Waals surface area contributed by atoms with Gasteiger partial charge in [-0.15, -0.1) is 22.7 Å². The molecule has 0 radical (unpaired) electrons. The van der Waals surface area contributed by atoms with E-state index < -0.39 is 5.97 Å². The molecule has 0 aliphatic rings. The van der Waals surface area contributed by atoms with E-state index in [0.29, 0.717) is 16.6 Å². The summed E-state index contributed by atoms with van der Waals surface area (Å²) in [6, 6.07) is 0. The highest BCUT2D eigenvalue weighted by Gasteiger charge is 2.13. The van der Waals surface area contributed by atoms with Crippen LogP contribution < -0.4 is 5.32 Å². The second-order valence-corrected chi connectivity index (χ2v) is 5.22. The molecular weight excluding hydrogens is 246 g/mol. The van der Waals surface area contributed by atoms with Crippen molar-refractivity contribution in [2.75, 3.05) is 5.32 Å². The molecule has 2 N–H and O–H groups in total. The van der Waals surface area contributed by atoms with E-state index in [1.807, 2.05) is 0 Å². The molecule has 0 saturated carbocycles. The maximum atomic E-state index is 10.8. The number of aryl methyl sites for hydroxylation is 1. The fourth-order valence-corrected chi connectivity index (χ4v) is 2.50. The third-order valence-electron chi connectivity index (χ3n) is 1.90. The number of aromatic carboxylic acids is 1. The maximum absolute atomic E-state index is 10.8. The van der Waals surface area contributed by atoms with Crippen molar-refractivity contribution in [2.24, 2.45) is 0 Å². The Kier molecular flexibility index (Phi) is 3.16. The van der Waals surface area contributed by atoms with E-state index in [4.69, 9.17) is 5.11 Å². The number of carbonyl (C=O) groups is 1. The van der Waals surface area contributed by atoms with E-state index >= 15 is 0 Å². The Bertz CT molecular complexity index is 493. The molecule has 0 aromatic carbocycles. The van der Waals surface area contributed by atoms with E-state index in [-0.39, 0.29) is 5.69 Å². The molecule has 0 aliphatic heterocycles. The SMILES string of the molecule is Cc1sc(NCc2cncs2)nc1C(=O)O. The summed E-state index contributed by atoms with van der Waals surface area (Å²) in [4.78, 5) is 20.5. The van der Waals surface area contributed by atoms with Crippen LogP contribution in [0.1, 0.15) is 20.2 Å². The monoisotopic (exact) mass is 255 g/mol. The average Bonchev–Trinajstić information content (AvgIpc) is 2.83. The molecule has 2 heterocycles. The molecule has 0 aliphatic carbocycles. The van der Waals surface area contributed by atoms with Crippen LogP contribution in [0.25, 0.3) is 0 Å². The molecule has 2 aromatic heterocycles. The van der Waals surface area contributed by atoms with Gasteiger partial charge in [0.2, 0.25) is 0 Å². The summed E-state index contributed by atoms with van der Waals surface area (Å²) >= 11 is 2.89. The van der Waals surface area contributed by atoms with Crippen LogP contribution in [0.15, 0.2) is 11.7 Å². The fourth-order valence-electron chi connectivity index (χ4n) is 1.16. The first-order valence-electron chi connectivity index (χ1n) is 4.49. The van der Waals surface area contributed by atoms with Gasteiger partial charge in [-0.1, -0.05) is 0 Å². The van der Waals surface area contributed by atoms with Gasteiger partial charge in [-0.3, -0.25) is 4.98 Å². The van der Waals surface area contributed by atoms with Gasteiger partial charge in [-0.2, -0.15) is 0 Å². The van der Waals surface area contributed by atoms with Crippen molar-refractivity contribution >= 4 is 33.8 Å². The number of hydrogen-bond acceptors (Lipinski definition) is 6. The van der Waals surface area contributed by atoms with Crippen molar-refractivity contribution in [3.8, 4) is 0 Å². The Morgan fingerprint density at radius 1 is 1.62 bits per heavy atom. The number of hydrogen-bond donors (Lipinski definition) is 2. The summed E-state index contributed by atoms with van der Waals surface area (Å²) < 4.78 is 0. The van der Waals surface area contributed by atoms with Gasteiger partial charge in [-0.05, 0) is 6.92 Å². The Hall–Kier alpha value is -1.47. The lowest BCUT2D eigenvalue weighted by atomic mass is 10.4. The molecule has 2 rings (SSSR count). The van der Waals surface area contributed by atoms with Crippen LogP contribution in [0.2, 0.25) is 0 Å². The van der Waals surface area contributed by atoms with Gasteiger partial charge < -0.3 is 10.4 Å². The van der Waals surface area contributed by atoms with Crippen molar-refractivity contribution in [2.45, 2.75) is 13.5 Å². The Balaban J connectivity index is 2.05. The lowest BCUT2D eigenvalue weighted by Crippen LogP contribution is -2.00. The Labute approximate surface area is 99.8 Å². The van der Waals surface area contributed by atoms with Crippen LogP contribution >= 0.6 is 22.7 Å². The quantitative estimate of drug-likeness (QED) is 0.876. The number of thiazole rings is 2. The number of nitrogens with zero attached hydrogens (tertiary/aromatic N) is 2. The summed E-state index contributed by atoms with van der Waals surface area (Å²) in [6.45, 7) is 2.37. The molecule has 0 fully saturated rings. The van der Waals surface area contributed by atoms with Gasteiger partial charge in [0.1, 0.15) is 0 Å². The molecule has 0 atom stereocenters. The number of carboxylic acids is 1. The van der Waals surface area contributed by atoms with Crippen LogP contribution in [0.3, 0.4) is 0 Å². The van der Waals surface area contributed by atoms with Gasteiger partial charge in [0.15, 0.2) is 10.8 Å². The van der Waals surface area contributed by atoms with Crippen LogP contribution in [0.5, 0.6) is 0 Å². The summed E-state index contributed by atoms with van der Waals surface area (Å²) in [7, 11) is 0. The maximum Gasteiger partial charge on any atom is 0.355 e. The van der Waals surface area contributed by atoms with Crippen molar-refractivity contribution in [1.82, 2.24) is 9.97 Å². The Morgan fingerprint density at radius 2 is 2.44 bits per heavy atom. The normalized spacial score (nSPS) is 10.3. The highest BCUT2D eigenvalue weighted by atomic mass is 32.1. The smallest absolute Gasteiger partial charge is 0.355 e. The molecular formula is C9H9N3O2S2. The predicted molar refractivity (Wildman–Crippen MR) is 63.3 cm³/mol. The number of aromatic nitrogens is 2. The van der Waals surface area contributed by atoms with Crippen molar-refractivity contribution in [3.63, 3.8) is 0 Å². The first kappa shape index (κ1) is 11.0. The van der Waals surface area contributed by atoms with Gasteiger partial charge in [0.25, 0.3) is 0 Å². The molecule has 0 amide bonds. The minimum Gasteiger partial charge on any atom is -0.476 e. The van der Waals surface area contributed by atoms with Gasteiger partial charge >= 0.3 is 5.97 Å². The van der Waals surface area contributed by atoms with E-state index in [1.165, 1.54) is 11.3 Å². The summed E-state index contributed by atoms with van der Waals surface area (Å²) in [5, 5.41) is 12.5. The summed E-state index contributed by atoms with van der Waals surface area (Å²) in [6.07, 6.45) is 1.77. The first-order valence-corrected chi connectivity index (χ1v) is 6.18. The largest absolute Gasteiger partial charge is 0.476 e. The third kappa shape index (κ3) is 2.37. The van der Waals surface area contributed by atoms with Crippen LogP contribution in [-0.2, 0) is 6.54 Å². The van der Waals surface area contributed by atoms with E-state index in [9.17, 15) is 4.79 Å². The minimum atomic E-state index is -0.986. The zero-order valence-corrected chi connectivity index (χ0v) is 10.1. The second kappa shape index (κ2) is 4.58. The lowest BCUT2D eigenvalue weighted by Gasteiger charge is -1.97. The van der Waals surface area contributed by atoms with Gasteiger partial charge in [0, 0.05) is 16.0 Å². The highest BCUT2D eigenvalue weighted by Crippen LogP contribution is 2.22. The summed E-state index contributed by atoms with van der Waals surface area (Å²) in [5.74, 6) is -0.986. The summed E-state index contributed by atoms with van der Waals surface area (Å²) in [5.41, 5.74) is 1.88. The molecule has 0 saturated heterocycles. The highest BCUT2D eigenvalue weighted by molar-refractivity contribution is 7.15. The molecule has 2 aromatic rings. The fraction of sp³-hybridized carbons (Fsp3) is 0.222. The molecule has 0 spiro atoms. The van der Waals surface area contributed by atoms with Gasteiger partial charge in [0.05, 0.1) is 12.1 Å². The molecule has 0 bridgehead atoms. The van der Waals surface area contributed by atoms with Crippen molar-refractivity contribution in [1.29, 1.82) is 0 Å². The van der Waals surface area contributed by atoms with E-state index in [2.05, 4.69) is 15.3 Å². The lowest BCUT2D eigenvalue weighted by molar-refractivity contribution is 0.0690. The topological polar surface area (TPSA) is 75.1 Å². The minimum absolute atomic E-state index is 0.122. The first-order chi connectivity index (χ1) is 7.66. The van der Waals surface area contributed by atoms with E-state index in [1.54, 1.807) is 30.0 Å². The molecule has 16 heavy (non-hydrogen) atoms. The predicted octanol–water partition coefficient (Wildman–Crippen LogP) is 2.22. The molecule has 7 heteroatoms. The van der Waals surface area contributed by atoms with Crippen LogP contribution in [-0.4, -0.2) is 21.0 Å². The number of anilines is 1. The van der Waals surface area contributed by atoms with Crippen molar-refractivity contribution in [3.05, 3.63) is 27.2 Å². The zero-order valence-electron chi connectivity index (χ0n) is 8.43. The van der Waals surface area contributed by atoms with Crippen LogP contribution in [0.4, 0.5) is 5.13 Å². The van der Waals surface area contributed by atoms with Crippen LogP contribution in [0, 0.1) is 6.92 Å². The third-order valence-corrected chi connectivity index (χ3v) is 3.60. The van der Waals surface area contributed by atoms with Crippen molar-refractivity contribution < 1.29 is 9.90 Å². The molecule has 0 unspecified atom stereocenters.